The van der Waals surface area contributed by atoms with Crippen LogP contribution in [-0.2, 0) is 4.79 Å². The molecule has 4 rings (SSSR count). The number of amides is 1. The Bertz CT molecular complexity index is 1010. The highest BCUT2D eigenvalue weighted by Crippen LogP contribution is 2.48. The highest BCUT2D eigenvalue weighted by atomic mass is 32.1. The number of hydrogen-bond donors (Lipinski definition) is 1. The standard InChI is InChI=1S/C21H18FNO3S/c1-25-14-6-7-18(26-2)15(9-14)16-10-19(24)23-20-17(11-27-21(16)20)12-4-3-5-13(22)8-12/h3-9,11,16H,10H2,1-2H3,(H,23,24). The van der Waals surface area contributed by atoms with Crippen LogP contribution in [0.4, 0.5) is 10.1 Å². The normalized spacial score (nSPS) is 15.8. The second-order valence-corrected chi connectivity index (χ2v) is 7.22. The lowest BCUT2D eigenvalue weighted by Crippen LogP contribution is -2.22. The minimum Gasteiger partial charge on any atom is -0.497 e. The minimum absolute atomic E-state index is 0.0755. The van der Waals surface area contributed by atoms with Crippen LogP contribution < -0.4 is 14.8 Å². The zero-order valence-corrected chi connectivity index (χ0v) is 15.7. The molecule has 0 aliphatic carbocycles. The minimum atomic E-state index is -0.305. The highest BCUT2D eigenvalue weighted by molar-refractivity contribution is 7.11. The van der Waals surface area contributed by atoms with Crippen LogP contribution in [0, 0.1) is 5.82 Å². The molecule has 0 saturated carbocycles. The van der Waals surface area contributed by atoms with Crippen LogP contribution in [0.3, 0.4) is 0 Å². The van der Waals surface area contributed by atoms with Gasteiger partial charge in [-0.25, -0.2) is 4.39 Å². The molecule has 1 N–H and O–H groups in total. The first kappa shape index (κ1) is 17.5. The SMILES string of the molecule is COc1ccc(OC)c(C2CC(=O)Nc3c(-c4cccc(F)c4)csc32)c1. The molecule has 0 spiro atoms. The van der Waals surface area contributed by atoms with Crippen LogP contribution in [0.1, 0.15) is 22.8 Å². The molecule has 1 aliphatic rings. The second kappa shape index (κ2) is 7.04. The molecule has 6 heteroatoms. The number of thiophene rings is 1. The summed E-state index contributed by atoms with van der Waals surface area (Å²) < 4.78 is 24.6. The number of halogens is 1. The molecular formula is C21H18FNO3S. The first-order valence-corrected chi connectivity index (χ1v) is 9.37. The Morgan fingerprint density at radius 1 is 1.15 bits per heavy atom. The fourth-order valence-electron chi connectivity index (χ4n) is 3.46. The van der Waals surface area contributed by atoms with E-state index in [0.717, 1.165) is 27.3 Å². The third-order valence-corrected chi connectivity index (χ3v) is 5.83. The average Bonchev–Trinajstić information content (AvgIpc) is 3.10. The predicted octanol–water partition coefficient (Wildman–Crippen LogP) is 5.05. The number of methoxy groups -OCH3 is 2. The van der Waals surface area contributed by atoms with Gasteiger partial charge in [0.15, 0.2) is 0 Å². The van der Waals surface area contributed by atoms with E-state index < -0.39 is 0 Å². The van der Waals surface area contributed by atoms with Gasteiger partial charge < -0.3 is 14.8 Å². The Balaban J connectivity index is 1.85. The van der Waals surface area contributed by atoms with E-state index in [1.165, 1.54) is 12.1 Å². The smallest absolute Gasteiger partial charge is 0.225 e. The van der Waals surface area contributed by atoms with Gasteiger partial charge >= 0.3 is 0 Å². The summed E-state index contributed by atoms with van der Waals surface area (Å²) in [5, 5.41) is 4.93. The Labute approximate surface area is 160 Å². The number of anilines is 1. The lowest BCUT2D eigenvalue weighted by atomic mass is 9.88. The Hall–Kier alpha value is -2.86. The van der Waals surface area contributed by atoms with Crippen molar-refractivity contribution in [1.29, 1.82) is 0 Å². The summed E-state index contributed by atoms with van der Waals surface area (Å²) in [6.45, 7) is 0. The van der Waals surface area contributed by atoms with E-state index in [2.05, 4.69) is 5.32 Å². The van der Waals surface area contributed by atoms with E-state index in [0.29, 0.717) is 17.9 Å². The Kier molecular flexibility index (Phi) is 4.58. The lowest BCUT2D eigenvalue weighted by Gasteiger charge is -2.25. The summed E-state index contributed by atoms with van der Waals surface area (Å²) >= 11 is 1.56. The third kappa shape index (κ3) is 3.17. The molecule has 27 heavy (non-hydrogen) atoms. The molecule has 138 valence electrons. The van der Waals surface area contributed by atoms with Gasteiger partial charge in [-0.05, 0) is 35.9 Å². The fraction of sp³-hybridized carbons (Fsp3) is 0.190. The van der Waals surface area contributed by atoms with Crippen molar-refractivity contribution in [1.82, 2.24) is 0 Å². The van der Waals surface area contributed by atoms with Gasteiger partial charge in [-0.2, -0.15) is 0 Å². The number of nitrogens with one attached hydrogen (secondary N) is 1. The molecule has 0 saturated heterocycles. The second-order valence-electron chi connectivity index (χ2n) is 6.31. The van der Waals surface area contributed by atoms with Crippen LogP contribution in [0.15, 0.2) is 47.8 Å². The molecule has 0 fully saturated rings. The third-order valence-electron chi connectivity index (χ3n) is 4.74. The van der Waals surface area contributed by atoms with E-state index in [1.807, 2.05) is 29.6 Å². The largest absolute Gasteiger partial charge is 0.497 e. The highest BCUT2D eigenvalue weighted by Gasteiger charge is 2.32. The summed E-state index contributed by atoms with van der Waals surface area (Å²) in [5.74, 6) is 0.891. The number of carbonyl (C=O) groups excluding carboxylic acids is 1. The number of fused-ring (bicyclic) bond motifs is 1. The van der Waals surface area contributed by atoms with Crippen molar-refractivity contribution in [3.63, 3.8) is 0 Å². The monoisotopic (exact) mass is 383 g/mol. The maximum Gasteiger partial charge on any atom is 0.225 e. The Morgan fingerprint density at radius 2 is 2.00 bits per heavy atom. The van der Waals surface area contributed by atoms with E-state index in [-0.39, 0.29) is 17.6 Å². The maximum absolute atomic E-state index is 13.7. The van der Waals surface area contributed by atoms with E-state index >= 15 is 0 Å². The summed E-state index contributed by atoms with van der Waals surface area (Å²) in [4.78, 5) is 13.5. The molecular weight excluding hydrogens is 365 g/mol. The van der Waals surface area contributed by atoms with Crippen LogP contribution >= 0.6 is 11.3 Å². The molecule has 4 nitrogen and oxygen atoms in total. The number of benzene rings is 2. The molecule has 1 aliphatic heterocycles. The lowest BCUT2D eigenvalue weighted by molar-refractivity contribution is -0.116. The quantitative estimate of drug-likeness (QED) is 0.686. The van der Waals surface area contributed by atoms with Gasteiger partial charge in [0.2, 0.25) is 5.91 Å². The van der Waals surface area contributed by atoms with Crippen molar-refractivity contribution >= 4 is 22.9 Å². The van der Waals surface area contributed by atoms with Gasteiger partial charge in [0.05, 0.1) is 19.9 Å². The van der Waals surface area contributed by atoms with Gasteiger partial charge in [-0.3, -0.25) is 4.79 Å². The molecule has 0 bridgehead atoms. The van der Waals surface area contributed by atoms with Crippen molar-refractivity contribution in [2.45, 2.75) is 12.3 Å². The van der Waals surface area contributed by atoms with Crippen LogP contribution in [0.2, 0.25) is 0 Å². The zero-order chi connectivity index (χ0) is 19.0. The molecule has 1 atom stereocenters. The Morgan fingerprint density at radius 3 is 2.74 bits per heavy atom. The molecule has 1 aromatic heterocycles. The van der Waals surface area contributed by atoms with E-state index in [1.54, 1.807) is 31.6 Å². The number of hydrogen-bond acceptors (Lipinski definition) is 4. The van der Waals surface area contributed by atoms with Gasteiger partial charge in [0.25, 0.3) is 0 Å². The fourth-order valence-corrected chi connectivity index (χ4v) is 4.61. The number of rotatable bonds is 4. The van der Waals surface area contributed by atoms with Crippen molar-refractivity contribution in [3.8, 4) is 22.6 Å². The number of ether oxygens (including phenoxy) is 2. The molecule has 3 aromatic rings. The maximum atomic E-state index is 13.7. The van der Waals surface area contributed by atoms with Crippen molar-refractivity contribution in [3.05, 3.63) is 64.1 Å². The van der Waals surface area contributed by atoms with Gasteiger partial charge in [0, 0.05) is 33.7 Å². The van der Waals surface area contributed by atoms with Crippen molar-refractivity contribution < 1.29 is 18.7 Å². The van der Waals surface area contributed by atoms with Crippen LogP contribution in [0.5, 0.6) is 11.5 Å². The van der Waals surface area contributed by atoms with Crippen molar-refractivity contribution in [2.24, 2.45) is 0 Å². The van der Waals surface area contributed by atoms with Gasteiger partial charge in [0.1, 0.15) is 17.3 Å². The van der Waals surface area contributed by atoms with Gasteiger partial charge in [-0.1, -0.05) is 12.1 Å². The van der Waals surface area contributed by atoms with Gasteiger partial charge in [-0.15, -0.1) is 11.3 Å². The van der Waals surface area contributed by atoms with Crippen LogP contribution in [0.25, 0.3) is 11.1 Å². The van der Waals surface area contributed by atoms with Crippen LogP contribution in [-0.4, -0.2) is 20.1 Å². The molecule has 1 amide bonds. The van der Waals surface area contributed by atoms with E-state index in [9.17, 15) is 9.18 Å². The molecule has 2 heterocycles. The summed E-state index contributed by atoms with van der Waals surface area (Å²) in [6, 6.07) is 12.0. The van der Waals surface area contributed by atoms with Crippen molar-refractivity contribution in [2.75, 3.05) is 19.5 Å². The molecule has 0 radical (unpaired) electrons. The molecule has 2 aromatic carbocycles. The summed E-state index contributed by atoms with van der Waals surface area (Å²) in [5.41, 5.74) is 3.22. The predicted molar refractivity (Wildman–Crippen MR) is 104 cm³/mol. The van der Waals surface area contributed by atoms with E-state index in [4.69, 9.17) is 9.47 Å². The molecule has 1 unspecified atom stereocenters. The summed E-state index contributed by atoms with van der Waals surface area (Å²) in [6.07, 6.45) is 0.319. The topological polar surface area (TPSA) is 47.6 Å². The summed E-state index contributed by atoms with van der Waals surface area (Å²) in [7, 11) is 3.22. The first-order chi connectivity index (χ1) is 13.1. The average molecular weight is 383 g/mol. The zero-order valence-electron chi connectivity index (χ0n) is 14.9. The first-order valence-electron chi connectivity index (χ1n) is 8.49. The number of carbonyl (C=O) groups is 1.